The van der Waals surface area contributed by atoms with Crippen molar-refractivity contribution >= 4 is 11.0 Å². The van der Waals surface area contributed by atoms with Crippen molar-refractivity contribution in [3.8, 4) is 17.2 Å². The number of fused-ring (bicyclic) bond motifs is 1. The third-order valence-electron chi connectivity index (χ3n) is 5.87. The third kappa shape index (κ3) is 4.34. The van der Waals surface area contributed by atoms with Crippen molar-refractivity contribution in [1.82, 2.24) is 15.4 Å². The highest BCUT2D eigenvalue weighted by molar-refractivity contribution is 5.89. The molecule has 1 fully saturated rings. The van der Waals surface area contributed by atoms with Crippen LogP contribution in [-0.2, 0) is 13.0 Å². The predicted octanol–water partition coefficient (Wildman–Crippen LogP) is 4.36. The zero-order valence-corrected chi connectivity index (χ0v) is 17.2. The molecule has 2 aromatic carbocycles. The summed E-state index contributed by atoms with van der Waals surface area (Å²) in [5.74, 6) is 0.780. The standard InChI is InChI=1S/C24H28N4O/c1-28(2)16-22-20(19-6-3-18(15-25)4-7-19)8-9-21-23(27-29-24(21)22)10-5-17-11-13-26-14-12-17/h3-4,6-9,17,26H,5,10-14,16H2,1-2H3. The Hall–Kier alpha value is -2.68. The molecule has 0 amide bonds. The summed E-state index contributed by atoms with van der Waals surface area (Å²) in [7, 11) is 4.13. The largest absolute Gasteiger partial charge is 0.356 e. The molecule has 5 nitrogen and oxygen atoms in total. The number of rotatable bonds is 6. The molecule has 0 radical (unpaired) electrons. The van der Waals surface area contributed by atoms with Gasteiger partial charge in [0, 0.05) is 17.5 Å². The highest BCUT2D eigenvalue weighted by Crippen LogP contribution is 2.33. The maximum atomic E-state index is 9.08. The molecule has 5 heteroatoms. The predicted molar refractivity (Wildman–Crippen MR) is 115 cm³/mol. The summed E-state index contributed by atoms with van der Waals surface area (Å²) in [5.41, 5.74) is 6.01. The minimum atomic E-state index is 0.670. The summed E-state index contributed by atoms with van der Waals surface area (Å²) in [5, 5.41) is 18.1. The van der Waals surface area contributed by atoms with Gasteiger partial charge >= 0.3 is 0 Å². The van der Waals surface area contributed by atoms with E-state index in [1.165, 1.54) is 19.3 Å². The molecule has 1 aromatic heterocycles. The van der Waals surface area contributed by atoms with E-state index in [9.17, 15) is 0 Å². The van der Waals surface area contributed by atoms with E-state index >= 15 is 0 Å². The Balaban J connectivity index is 1.67. The van der Waals surface area contributed by atoms with E-state index in [0.29, 0.717) is 5.56 Å². The van der Waals surface area contributed by atoms with Crippen molar-refractivity contribution in [2.45, 2.75) is 32.2 Å². The van der Waals surface area contributed by atoms with Crippen molar-refractivity contribution in [1.29, 1.82) is 5.26 Å². The number of aromatic nitrogens is 1. The first kappa shape index (κ1) is 19.6. The SMILES string of the molecule is CN(C)Cc1c(-c2ccc(C#N)cc2)ccc2c(CCC3CCNCC3)noc12. The number of nitriles is 1. The number of nitrogens with one attached hydrogen (secondary N) is 1. The molecule has 0 spiro atoms. The lowest BCUT2D eigenvalue weighted by molar-refractivity contribution is 0.350. The fourth-order valence-electron chi connectivity index (χ4n) is 4.27. The summed E-state index contributed by atoms with van der Waals surface area (Å²) in [6.45, 7) is 3.03. The minimum absolute atomic E-state index is 0.670. The number of piperidine rings is 1. The first-order valence-corrected chi connectivity index (χ1v) is 10.4. The van der Waals surface area contributed by atoms with Crippen molar-refractivity contribution in [2.24, 2.45) is 5.92 Å². The van der Waals surface area contributed by atoms with E-state index in [0.717, 1.165) is 65.3 Å². The Morgan fingerprint density at radius 2 is 1.90 bits per heavy atom. The van der Waals surface area contributed by atoms with Gasteiger partial charge in [0.25, 0.3) is 0 Å². The first-order chi connectivity index (χ1) is 14.2. The maximum absolute atomic E-state index is 9.08. The Bertz CT molecular complexity index is 1010. The smallest absolute Gasteiger partial charge is 0.172 e. The molecule has 1 aliphatic rings. The fourth-order valence-corrected chi connectivity index (χ4v) is 4.27. The summed E-state index contributed by atoms with van der Waals surface area (Å²) in [6, 6.07) is 14.3. The quantitative estimate of drug-likeness (QED) is 0.680. The van der Waals surface area contributed by atoms with Crippen LogP contribution in [0.1, 0.15) is 36.1 Å². The number of hydrogen-bond acceptors (Lipinski definition) is 5. The summed E-state index contributed by atoms with van der Waals surface area (Å²) >= 11 is 0. The second kappa shape index (κ2) is 8.77. The number of aryl methyl sites for hydroxylation is 1. The molecule has 0 bridgehead atoms. The highest BCUT2D eigenvalue weighted by atomic mass is 16.5. The van der Waals surface area contributed by atoms with Gasteiger partial charge in [-0.2, -0.15) is 5.26 Å². The van der Waals surface area contributed by atoms with Crippen LogP contribution < -0.4 is 5.32 Å². The molecular weight excluding hydrogens is 360 g/mol. The van der Waals surface area contributed by atoms with Crippen molar-refractivity contribution < 1.29 is 4.52 Å². The Labute approximate surface area is 172 Å². The van der Waals surface area contributed by atoms with Crippen LogP contribution in [0.25, 0.3) is 22.1 Å². The van der Waals surface area contributed by atoms with Crippen LogP contribution in [0, 0.1) is 17.2 Å². The number of nitrogens with zero attached hydrogens (tertiary/aromatic N) is 3. The molecule has 0 aliphatic carbocycles. The minimum Gasteiger partial charge on any atom is -0.356 e. The summed E-state index contributed by atoms with van der Waals surface area (Å²) in [6.07, 6.45) is 4.65. The zero-order chi connectivity index (χ0) is 20.2. The van der Waals surface area contributed by atoms with Crippen molar-refractivity contribution in [2.75, 3.05) is 27.2 Å². The van der Waals surface area contributed by atoms with Gasteiger partial charge in [0.15, 0.2) is 5.58 Å². The van der Waals surface area contributed by atoms with E-state index in [2.05, 4.69) is 47.7 Å². The first-order valence-electron chi connectivity index (χ1n) is 10.4. The van der Waals surface area contributed by atoms with Gasteiger partial charge in [-0.3, -0.25) is 0 Å². The molecule has 4 rings (SSSR count). The maximum Gasteiger partial charge on any atom is 0.172 e. The number of hydrogen-bond donors (Lipinski definition) is 1. The lowest BCUT2D eigenvalue weighted by Crippen LogP contribution is -2.27. The molecule has 1 saturated heterocycles. The van der Waals surface area contributed by atoms with Crippen LogP contribution in [-0.4, -0.2) is 37.2 Å². The van der Waals surface area contributed by atoms with E-state index in [1.54, 1.807) is 0 Å². The van der Waals surface area contributed by atoms with Crippen LogP contribution in [0.3, 0.4) is 0 Å². The van der Waals surface area contributed by atoms with Crippen molar-refractivity contribution in [3.63, 3.8) is 0 Å². The summed E-state index contributed by atoms with van der Waals surface area (Å²) < 4.78 is 5.89. The molecule has 150 valence electrons. The topological polar surface area (TPSA) is 65.1 Å². The number of benzene rings is 2. The van der Waals surface area contributed by atoms with Gasteiger partial charge in [0.05, 0.1) is 17.3 Å². The van der Waals surface area contributed by atoms with Gasteiger partial charge in [0.2, 0.25) is 0 Å². The van der Waals surface area contributed by atoms with Gasteiger partial charge in [-0.15, -0.1) is 0 Å². The van der Waals surface area contributed by atoms with Crippen LogP contribution in [0.15, 0.2) is 40.9 Å². The average Bonchev–Trinajstić information content (AvgIpc) is 3.16. The van der Waals surface area contributed by atoms with Crippen LogP contribution in [0.2, 0.25) is 0 Å². The molecule has 1 N–H and O–H groups in total. The third-order valence-corrected chi connectivity index (χ3v) is 5.87. The van der Waals surface area contributed by atoms with E-state index in [1.807, 2.05) is 24.3 Å². The van der Waals surface area contributed by atoms with Gasteiger partial charge in [-0.1, -0.05) is 23.4 Å². The highest BCUT2D eigenvalue weighted by Gasteiger charge is 2.19. The zero-order valence-electron chi connectivity index (χ0n) is 17.2. The normalized spacial score (nSPS) is 15.1. The van der Waals surface area contributed by atoms with E-state index in [-0.39, 0.29) is 0 Å². The van der Waals surface area contributed by atoms with Crippen LogP contribution >= 0.6 is 0 Å². The Kier molecular flexibility index (Phi) is 5.94. The molecule has 0 unspecified atom stereocenters. The van der Waals surface area contributed by atoms with Gasteiger partial charge < -0.3 is 14.7 Å². The molecule has 29 heavy (non-hydrogen) atoms. The summed E-state index contributed by atoms with van der Waals surface area (Å²) in [4.78, 5) is 2.15. The molecule has 3 aromatic rings. The second-order valence-corrected chi connectivity index (χ2v) is 8.26. The van der Waals surface area contributed by atoms with Gasteiger partial charge in [-0.05, 0) is 88.1 Å². The van der Waals surface area contributed by atoms with E-state index in [4.69, 9.17) is 9.78 Å². The van der Waals surface area contributed by atoms with Crippen LogP contribution in [0.4, 0.5) is 0 Å². The van der Waals surface area contributed by atoms with Gasteiger partial charge in [0.1, 0.15) is 0 Å². The lowest BCUT2D eigenvalue weighted by atomic mass is 9.91. The van der Waals surface area contributed by atoms with Crippen molar-refractivity contribution in [3.05, 3.63) is 53.2 Å². The Morgan fingerprint density at radius 3 is 2.59 bits per heavy atom. The molecule has 1 aliphatic heterocycles. The lowest BCUT2D eigenvalue weighted by Gasteiger charge is -2.21. The van der Waals surface area contributed by atoms with Crippen LogP contribution in [0.5, 0.6) is 0 Å². The monoisotopic (exact) mass is 388 g/mol. The molecule has 0 saturated carbocycles. The molecule has 0 atom stereocenters. The second-order valence-electron chi connectivity index (χ2n) is 8.26. The molecular formula is C24H28N4O. The fraction of sp³-hybridized carbons (Fsp3) is 0.417. The molecule has 2 heterocycles. The van der Waals surface area contributed by atoms with Gasteiger partial charge in [-0.25, -0.2) is 0 Å². The Morgan fingerprint density at radius 1 is 1.14 bits per heavy atom. The van der Waals surface area contributed by atoms with E-state index < -0.39 is 0 Å². The average molecular weight is 389 g/mol.